The minimum Gasteiger partial charge on any atom is -0.855 e. The van der Waals surface area contributed by atoms with Gasteiger partial charge < -0.3 is 24.9 Å². The lowest BCUT2D eigenvalue weighted by molar-refractivity contribution is -0.361. The molecule has 0 atom stereocenters. The third-order valence-electron chi connectivity index (χ3n) is 6.68. The molecule has 0 aliphatic carbocycles. The van der Waals surface area contributed by atoms with Crippen molar-refractivity contribution in [3.8, 4) is 0 Å². The summed E-state index contributed by atoms with van der Waals surface area (Å²) in [5.41, 5.74) is 2.49. The second-order valence-electron chi connectivity index (χ2n) is 12.0. The fourth-order valence-corrected chi connectivity index (χ4v) is 4.03. The first-order valence-corrected chi connectivity index (χ1v) is 25.4. The molecule has 2 N–H and O–H groups in total. The van der Waals surface area contributed by atoms with E-state index in [1.165, 1.54) is 17.4 Å². The van der Waals surface area contributed by atoms with E-state index in [9.17, 15) is 43.2 Å². The number of halogens is 4. The average molecular weight is 1160 g/mol. The summed E-state index contributed by atoms with van der Waals surface area (Å²) in [6.07, 6.45) is 1.53. The predicted molar refractivity (Wildman–Crippen MR) is 285 cm³/mol. The number of hydroxylamine groups is 4. The number of hydrogen-bond acceptors (Lipinski definition) is 17. The summed E-state index contributed by atoms with van der Waals surface area (Å²) in [7, 11) is 7.36. The summed E-state index contributed by atoms with van der Waals surface area (Å²) < 4.78 is 13.9. The number of aryl methyl sites for hydroxylation is 1. The normalized spacial score (nSPS) is 11.8. The van der Waals surface area contributed by atoms with Gasteiger partial charge in [-0.1, -0.05) is 141 Å². The summed E-state index contributed by atoms with van der Waals surface area (Å²) in [6.45, 7) is 20.6. The molecule has 2 aromatic carbocycles. The number of imide groups is 3. The van der Waals surface area contributed by atoms with Gasteiger partial charge >= 0.3 is 6.16 Å². The molecule has 74 heavy (non-hydrogen) atoms. The Bertz CT molecular complexity index is 1690. The predicted octanol–water partition coefficient (Wildman–Crippen LogP) is 8.79. The van der Waals surface area contributed by atoms with Crippen LogP contribution in [0.2, 0.25) is 0 Å². The lowest BCUT2D eigenvalue weighted by Gasteiger charge is -2.15. The minimum absolute atomic E-state index is 0. The quantitative estimate of drug-likeness (QED) is 0.135. The molecule has 26 heteroatoms. The Morgan fingerprint density at radius 2 is 0.905 bits per heavy atom. The highest BCUT2D eigenvalue weighted by atomic mass is 36.0. The molecular weight excluding hydrogens is 1080 g/mol. The van der Waals surface area contributed by atoms with Crippen LogP contribution in [0.5, 0.6) is 0 Å². The van der Waals surface area contributed by atoms with Crippen molar-refractivity contribution in [3.05, 3.63) is 71.8 Å². The van der Waals surface area contributed by atoms with Crippen molar-refractivity contribution < 1.29 is 86.7 Å². The fraction of sp³-hybridized carbons (Fsp3) is 0.521. The SMILES string of the molecule is C.C.C=O.CC.CC.CC(=O)Cl.CC(=O)O.CCC(=O)Cl.CCCN1C(=O)CCC1=O.CC[O-].CCc1ccccc1.O=C(ON1C(=O)CCC1=O)ON1C(=O)CCC1=O.O=S(Cl)Cl.OCOCc1ccccc1. The van der Waals surface area contributed by atoms with Crippen LogP contribution in [-0.4, -0.2) is 114 Å². The van der Waals surface area contributed by atoms with Gasteiger partial charge in [-0.15, -0.1) is 6.61 Å². The van der Waals surface area contributed by atoms with E-state index < -0.39 is 45.0 Å². The van der Waals surface area contributed by atoms with Gasteiger partial charge in [0.1, 0.15) is 13.6 Å². The van der Waals surface area contributed by atoms with Crippen LogP contribution in [0.1, 0.15) is 147 Å². The smallest absolute Gasteiger partial charge is 0.560 e. The second-order valence-corrected chi connectivity index (χ2v) is 15.5. The summed E-state index contributed by atoms with van der Waals surface area (Å²) in [4.78, 5) is 123. The third kappa shape index (κ3) is 61.1. The number of aliphatic hydroxyl groups excluding tert-OH is 1. The minimum atomic E-state index is -1.67. The summed E-state index contributed by atoms with van der Waals surface area (Å²) in [5.74, 6) is -3.59. The van der Waals surface area contributed by atoms with E-state index in [2.05, 4.69) is 73.8 Å². The lowest BCUT2D eigenvalue weighted by Crippen LogP contribution is -2.37. The second kappa shape index (κ2) is 63.9. The van der Waals surface area contributed by atoms with E-state index in [0.717, 1.165) is 25.3 Å². The van der Waals surface area contributed by atoms with Gasteiger partial charge in [0.05, 0.1) is 6.61 Å². The number of amides is 6. The van der Waals surface area contributed by atoms with Crippen molar-refractivity contribution >= 4 is 119 Å². The zero-order valence-electron chi connectivity index (χ0n) is 42.4. The Morgan fingerprint density at radius 3 is 1.12 bits per heavy atom. The number of carboxylic acid groups (broad SMARTS) is 1. The van der Waals surface area contributed by atoms with E-state index >= 15 is 0 Å². The van der Waals surface area contributed by atoms with Crippen LogP contribution >= 0.6 is 44.6 Å². The van der Waals surface area contributed by atoms with Gasteiger partial charge in [-0.3, -0.25) is 57.7 Å². The Hall–Kier alpha value is -5.20. The number of rotatable bonds is 9. The van der Waals surface area contributed by atoms with Crippen molar-refractivity contribution in [1.29, 1.82) is 0 Å². The first-order valence-electron chi connectivity index (χ1n) is 21.9. The van der Waals surface area contributed by atoms with Crippen LogP contribution in [0.25, 0.3) is 0 Å². The molecule has 0 unspecified atom stereocenters. The summed E-state index contributed by atoms with van der Waals surface area (Å²) in [6, 6.07) is 20.2. The number of likely N-dealkylation sites (tertiary alicyclic amines) is 1. The summed E-state index contributed by atoms with van der Waals surface area (Å²) >= 11 is 9.46. The maximum Gasteiger partial charge on any atom is 0.560 e. The molecule has 0 spiro atoms. The van der Waals surface area contributed by atoms with E-state index in [0.29, 0.717) is 32.4 Å². The number of hydrogen-bond donors (Lipinski definition) is 2. The molecule has 6 amide bonds. The topological polar surface area (TPSA) is 306 Å². The number of benzene rings is 2. The van der Waals surface area contributed by atoms with Crippen molar-refractivity contribution in [1.82, 2.24) is 15.0 Å². The Morgan fingerprint density at radius 1 is 0.649 bits per heavy atom. The molecule has 0 saturated carbocycles. The number of carbonyl (C=O) groups excluding carboxylic acids is 10. The van der Waals surface area contributed by atoms with Crippen LogP contribution in [-0.2, 0) is 84.6 Å². The molecular formula is C48H78Cl4N3O18S-. The first-order chi connectivity index (χ1) is 34.0. The molecule has 3 aliphatic rings. The highest BCUT2D eigenvalue weighted by Crippen LogP contribution is 2.16. The van der Waals surface area contributed by atoms with Crippen molar-refractivity contribution in [2.75, 3.05) is 19.9 Å². The van der Waals surface area contributed by atoms with E-state index in [1.54, 1.807) is 13.8 Å². The molecule has 3 fully saturated rings. The van der Waals surface area contributed by atoms with Crippen LogP contribution < -0.4 is 5.11 Å². The van der Waals surface area contributed by atoms with Gasteiger partial charge in [-0.25, -0.2) is 4.21 Å². The maximum absolute atomic E-state index is 11.2. The first kappa shape index (κ1) is 88.4. The summed E-state index contributed by atoms with van der Waals surface area (Å²) in [5, 5.41) is 24.5. The van der Waals surface area contributed by atoms with E-state index in [1.807, 2.05) is 77.8 Å². The third-order valence-corrected chi connectivity index (χ3v) is 6.94. The Kier molecular flexibility index (Phi) is 76.4. The van der Waals surface area contributed by atoms with Crippen molar-refractivity contribution in [2.24, 2.45) is 0 Å². The molecule has 3 saturated heterocycles. The van der Waals surface area contributed by atoms with Gasteiger partial charge in [0.2, 0.25) is 31.5 Å². The molecule has 2 aromatic rings. The van der Waals surface area contributed by atoms with Gasteiger partial charge in [-0.05, 0) is 47.2 Å². The zero-order valence-corrected chi connectivity index (χ0v) is 46.2. The number of nitrogens with zero attached hydrogens (tertiary/aromatic N) is 3. The van der Waals surface area contributed by atoms with Gasteiger partial charge in [-0.2, -0.15) is 4.79 Å². The molecule has 0 bridgehead atoms. The number of aliphatic hydroxyl groups is 1. The molecule has 0 radical (unpaired) electrons. The lowest BCUT2D eigenvalue weighted by atomic mass is 10.2. The molecule has 21 nitrogen and oxygen atoms in total. The van der Waals surface area contributed by atoms with Crippen molar-refractivity contribution in [3.63, 3.8) is 0 Å². The Balaban J connectivity index is -0.0000000956. The van der Waals surface area contributed by atoms with Crippen LogP contribution in [0, 0.1) is 0 Å². The van der Waals surface area contributed by atoms with E-state index in [4.69, 9.17) is 45.5 Å². The zero-order chi connectivity index (χ0) is 57.6. The van der Waals surface area contributed by atoms with Crippen LogP contribution in [0.4, 0.5) is 4.79 Å². The van der Waals surface area contributed by atoms with Gasteiger partial charge in [0, 0.05) is 86.7 Å². The highest BCUT2D eigenvalue weighted by Gasteiger charge is 2.37. The largest absolute Gasteiger partial charge is 0.855 e. The number of carbonyl (C=O) groups is 11. The van der Waals surface area contributed by atoms with E-state index in [-0.39, 0.29) is 86.4 Å². The fourth-order valence-electron chi connectivity index (χ4n) is 4.03. The number of aliphatic carboxylic acids is 1. The number of ether oxygens (including phenoxy) is 1. The monoisotopic (exact) mass is 1160 g/mol. The molecule has 5 rings (SSSR count). The molecule has 3 aliphatic heterocycles. The molecule has 428 valence electrons. The Labute approximate surface area is 458 Å². The van der Waals surface area contributed by atoms with Crippen molar-refractivity contribution in [2.45, 2.75) is 148 Å². The van der Waals surface area contributed by atoms with Gasteiger partial charge in [0.15, 0.2) is 0 Å². The van der Waals surface area contributed by atoms with Crippen LogP contribution in [0.3, 0.4) is 0 Å². The maximum atomic E-state index is 11.2. The molecule has 0 aromatic heterocycles. The van der Waals surface area contributed by atoms with Crippen LogP contribution in [0.15, 0.2) is 60.7 Å². The standard InChI is InChI=1S/C9H8N2O7.C8H10O2.C8H10.C7H11NO2.C3H5ClO.C2H3ClO.C2H4O2.C2H5O.2C2H6.CH2O.2CH4.Cl2OS/c12-5-1-2-6(13)10(5)17-9(16)18-11-7(14)3-4-8(11)15;9-7-10-6-8-4-2-1-3-5-8;1-2-8-6-4-3-5-7-8;1-2-5-8-6(9)3-4-7(8)10;1-2-3(4)5;2*1-2(3)4;1-2-3;3*1-2;;;1-4(2)3/h1-4H2;1-5,9H,6-7H2;3-7H,2H2,1H3;2-5H2,1H3;2H2,1H3;1H3;1H3,(H,3,4);2H2,1H3;2*1-2H3;1H2;2*1H4;/q;;;;;;;-1;;;;;;. The molecule has 3 heterocycles. The average Bonchev–Trinajstić information content (AvgIpc) is 3.97. The number of carboxylic acids is 1. The highest BCUT2D eigenvalue weighted by molar-refractivity contribution is 8.26. The van der Waals surface area contributed by atoms with Gasteiger partial charge in [0.25, 0.3) is 29.6 Å².